The van der Waals surface area contributed by atoms with Crippen LogP contribution in [0.2, 0.25) is 0 Å². The molecule has 2 amide bonds. The molecule has 31 heavy (non-hydrogen) atoms. The minimum atomic E-state index is -1.43. The van der Waals surface area contributed by atoms with Crippen molar-refractivity contribution >= 4 is 30.2 Å². The highest BCUT2D eigenvalue weighted by Gasteiger charge is 2.27. The molecule has 0 aromatic heterocycles. The van der Waals surface area contributed by atoms with Crippen LogP contribution in [0.25, 0.3) is 0 Å². The first kappa shape index (κ1) is 28.4. The number of carbonyl (C=O) groups is 5. The molecule has 0 spiro atoms. The smallest absolute Gasteiger partial charge is 0.326 e. The summed E-state index contributed by atoms with van der Waals surface area (Å²) in [5, 5.41) is 22.4. The molecule has 0 saturated carbocycles. The first-order valence-electron chi connectivity index (χ1n) is 10.9. The van der Waals surface area contributed by atoms with Crippen molar-refractivity contribution in [2.24, 2.45) is 0 Å². The molecular formula is C21H36N2O8. The van der Waals surface area contributed by atoms with Crippen LogP contribution in [0.4, 0.5) is 0 Å². The molecule has 0 saturated heterocycles. The predicted octanol–water partition coefficient (Wildman–Crippen LogP) is 2.00. The molecule has 0 aliphatic rings. The van der Waals surface area contributed by atoms with Crippen molar-refractivity contribution in [1.82, 2.24) is 10.6 Å². The van der Waals surface area contributed by atoms with E-state index in [0.29, 0.717) is 6.42 Å². The van der Waals surface area contributed by atoms with Crippen molar-refractivity contribution in [3.05, 3.63) is 0 Å². The van der Waals surface area contributed by atoms with Gasteiger partial charge in [-0.25, -0.2) is 4.79 Å². The Kier molecular flexibility index (Phi) is 16.6. The second-order valence-corrected chi connectivity index (χ2v) is 7.46. The summed E-state index contributed by atoms with van der Waals surface area (Å²) in [6.45, 7) is 1.84. The summed E-state index contributed by atoms with van der Waals surface area (Å²) in [5.41, 5.74) is 0. The Bertz CT molecular complexity index is 568. The lowest BCUT2D eigenvalue weighted by Gasteiger charge is -2.20. The molecule has 10 heteroatoms. The predicted molar refractivity (Wildman–Crippen MR) is 112 cm³/mol. The molecule has 0 aromatic rings. The van der Waals surface area contributed by atoms with E-state index in [4.69, 9.17) is 10.2 Å². The molecule has 4 N–H and O–H groups in total. The lowest BCUT2D eigenvalue weighted by molar-refractivity contribution is -0.144. The van der Waals surface area contributed by atoms with E-state index in [9.17, 15) is 24.0 Å². The SMILES string of the molecule is CCCCCCCCCCCC(=O)NC(COC=O)C(=O)NC(CCC(=O)O)C(=O)O. The molecule has 2 unspecified atom stereocenters. The summed E-state index contributed by atoms with van der Waals surface area (Å²) >= 11 is 0. The normalized spacial score (nSPS) is 12.4. The van der Waals surface area contributed by atoms with Gasteiger partial charge in [-0.15, -0.1) is 0 Å². The van der Waals surface area contributed by atoms with Gasteiger partial charge in [-0.3, -0.25) is 19.2 Å². The van der Waals surface area contributed by atoms with E-state index in [2.05, 4.69) is 22.3 Å². The number of unbranched alkanes of at least 4 members (excludes halogenated alkanes) is 8. The lowest BCUT2D eigenvalue weighted by Crippen LogP contribution is -2.53. The van der Waals surface area contributed by atoms with E-state index < -0.39 is 48.9 Å². The number of hydrogen-bond acceptors (Lipinski definition) is 6. The van der Waals surface area contributed by atoms with E-state index in [0.717, 1.165) is 19.3 Å². The van der Waals surface area contributed by atoms with E-state index in [1.807, 2.05) is 0 Å². The van der Waals surface area contributed by atoms with Gasteiger partial charge in [0, 0.05) is 12.8 Å². The fraction of sp³-hybridized carbons (Fsp3) is 0.762. The largest absolute Gasteiger partial charge is 0.481 e. The van der Waals surface area contributed by atoms with Gasteiger partial charge < -0.3 is 25.6 Å². The van der Waals surface area contributed by atoms with Crippen LogP contribution < -0.4 is 10.6 Å². The minimum Gasteiger partial charge on any atom is -0.481 e. The molecule has 0 rings (SSSR count). The highest BCUT2D eigenvalue weighted by Crippen LogP contribution is 2.10. The van der Waals surface area contributed by atoms with Crippen molar-refractivity contribution in [2.45, 2.75) is 96.1 Å². The summed E-state index contributed by atoms with van der Waals surface area (Å²) in [4.78, 5) is 56.8. The average Bonchev–Trinajstić information content (AvgIpc) is 2.72. The number of carboxylic acid groups (broad SMARTS) is 2. The van der Waals surface area contributed by atoms with Gasteiger partial charge in [0.25, 0.3) is 6.47 Å². The maximum Gasteiger partial charge on any atom is 0.326 e. The molecule has 10 nitrogen and oxygen atoms in total. The Hall–Kier alpha value is -2.65. The standard InChI is InChI=1S/C21H36N2O8/c1-2-3-4-5-6-7-8-9-10-11-18(25)22-17(14-31-15-24)20(28)23-16(21(29)30)12-13-19(26)27/h15-17H,2-14H2,1H3,(H,22,25)(H,23,28)(H,26,27)(H,29,30). The third-order valence-corrected chi connectivity index (χ3v) is 4.75. The van der Waals surface area contributed by atoms with Gasteiger partial charge in [-0.2, -0.15) is 0 Å². The number of amides is 2. The van der Waals surface area contributed by atoms with E-state index in [1.165, 1.54) is 32.1 Å². The Morgan fingerprint density at radius 1 is 0.839 bits per heavy atom. The minimum absolute atomic E-state index is 0.117. The molecule has 0 bridgehead atoms. The summed E-state index contributed by atoms with van der Waals surface area (Å²) < 4.78 is 4.56. The molecule has 0 aliphatic heterocycles. The number of ether oxygens (including phenoxy) is 1. The molecule has 178 valence electrons. The third kappa shape index (κ3) is 15.8. The van der Waals surface area contributed by atoms with Crippen molar-refractivity contribution in [2.75, 3.05) is 6.61 Å². The number of nitrogens with one attached hydrogen (secondary N) is 2. The second kappa shape index (κ2) is 18.1. The molecule has 0 heterocycles. The summed E-state index contributed by atoms with van der Waals surface area (Å²) in [6.07, 6.45) is 9.27. The van der Waals surface area contributed by atoms with Crippen LogP contribution in [0.3, 0.4) is 0 Å². The zero-order valence-electron chi connectivity index (χ0n) is 18.3. The number of hydrogen-bond donors (Lipinski definition) is 4. The Morgan fingerprint density at radius 2 is 1.42 bits per heavy atom. The van der Waals surface area contributed by atoms with Gasteiger partial charge in [0.2, 0.25) is 11.8 Å². The summed E-state index contributed by atoms with van der Waals surface area (Å²) in [7, 11) is 0. The van der Waals surface area contributed by atoms with Crippen LogP contribution in [-0.4, -0.2) is 59.1 Å². The van der Waals surface area contributed by atoms with E-state index in [-0.39, 0.29) is 19.3 Å². The van der Waals surface area contributed by atoms with Crippen molar-refractivity contribution < 1.29 is 38.9 Å². The van der Waals surface area contributed by atoms with Gasteiger partial charge >= 0.3 is 11.9 Å². The molecule has 2 atom stereocenters. The number of rotatable bonds is 20. The fourth-order valence-corrected chi connectivity index (χ4v) is 2.98. The van der Waals surface area contributed by atoms with E-state index >= 15 is 0 Å². The maximum absolute atomic E-state index is 12.3. The second-order valence-electron chi connectivity index (χ2n) is 7.46. The first-order valence-corrected chi connectivity index (χ1v) is 10.9. The molecule has 0 aromatic carbocycles. The topological polar surface area (TPSA) is 159 Å². The van der Waals surface area contributed by atoms with Gasteiger partial charge in [0.15, 0.2) is 0 Å². The molecule has 0 radical (unpaired) electrons. The van der Waals surface area contributed by atoms with Crippen molar-refractivity contribution in [3.8, 4) is 0 Å². The van der Waals surface area contributed by atoms with Gasteiger partial charge in [0.05, 0.1) is 0 Å². The van der Waals surface area contributed by atoms with Crippen LogP contribution in [0.1, 0.15) is 84.0 Å². The Labute approximate surface area is 183 Å². The van der Waals surface area contributed by atoms with Crippen molar-refractivity contribution in [3.63, 3.8) is 0 Å². The monoisotopic (exact) mass is 444 g/mol. The zero-order chi connectivity index (χ0) is 23.5. The zero-order valence-corrected chi connectivity index (χ0v) is 18.3. The molecule has 0 aliphatic carbocycles. The third-order valence-electron chi connectivity index (χ3n) is 4.75. The highest BCUT2D eigenvalue weighted by molar-refractivity contribution is 5.90. The lowest BCUT2D eigenvalue weighted by atomic mass is 10.1. The van der Waals surface area contributed by atoms with Gasteiger partial charge in [0.1, 0.15) is 18.7 Å². The van der Waals surface area contributed by atoms with Gasteiger partial charge in [-0.1, -0.05) is 58.3 Å². The highest BCUT2D eigenvalue weighted by atomic mass is 16.5. The van der Waals surface area contributed by atoms with Crippen LogP contribution in [0.5, 0.6) is 0 Å². The Morgan fingerprint density at radius 3 is 1.94 bits per heavy atom. The van der Waals surface area contributed by atoms with Crippen LogP contribution in [0.15, 0.2) is 0 Å². The van der Waals surface area contributed by atoms with Crippen molar-refractivity contribution in [1.29, 1.82) is 0 Å². The van der Waals surface area contributed by atoms with Crippen LogP contribution in [0, 0.1) is 0 Å². The quantitative estimate of drug-likeness (QED) is 0.164. The number of carbonyl (C=O) groups excluding carboxylic acids is 3. The van der Waals surface area contributed by atoms with Gasteiger partial charge in [-0.05, 0) is 12.8 Å². The maximum atomic E-state index is 12.3. The number of aliphatic carboxylic acids is 2. The fourth-order valence-electron chi connectivity index (χ4n) is 2.98. The number of carboxylic acids is 2. The summed E-state index contributed by atoms with van der Waals surface area (Å²) in [6, 6.07) is -2.69. The average molecular weight is 445 g/mol. The van der Waals surface area contributed by atoms with E-state index in [1.54, 1.807) is 0 Å². The van der Waals surface area contributed by atoms with Crippen LogP contribution in [-0.2, 0) is 28.7 Å². The Balaban J connectivity index is 4.41. The van der Waals surface area contributed by atoms with Crippen LogP contribution >= 0.6 is 0 Å². The first-order chi connectivity index (χ1) is 14.8. The molecule has 0 fully saturated rings. The molecular weight excluding hydrogens is 408 g/mol. The summed E-state index contributed by atoms with van der Waals surface area (Å²) in [5.74, 6) is -3.86.